The molecule has 0 aliphatic carbocycles. The number of aliphatic hydroxyl groups is 2. The van der Waals surface area contributed by atoms with E-state index in [1.807, 2.05) is 0 Å². The first-order chi connectivity index (χ1) is 7.76. The highest BCUT2D eigenvalue weighted by Gasteiger charge is 2.18. The van der Waals surface area contributed by atoms with Gasteiger partial charge in [0, 0.05) is 32.7 Å². The Kier molecular flexibility index (Phi) is 6.96. The molecule has 2 N–H and O–H groups in total. The van der Waals surface area contributed by atoms with E-state index in [9.17, 15) is 5.11 Å². The molecule has 1 fully saturated rings. The molecular weight excluding hydrogens is 204 g/mol. The topological polar surface area (TPSA) is 46.9 Å². The molecule has 16 heavy (non-hydrogen) atoms. The van der Waals surface area contributed by atoms with Crippen LogP contribution in [0.1, 0.15) is 26.2 Å². The molecule has 1 aliphatic rings. The van der Waals surface area contributed by atoms with Crippen LogP contribution in [-0.4, -0.2) is 72.0 Å². The molecule has 1 heterocycles. The number of rotatable bonds is 7. The minimum absolute atomic E-state index is 0.128. The second-order valence-corrected chi connectivity index (χ2v) is 4.69. The van der Waals surface area contributed by atoms with Gasteiger partial charge < -0.3 is 15.1 Å². The van der Waals surface area contributed by atoms with E-state index in [2.05, 4.69) is 16.7 Å². The van der Waals surface area contributed by atoms with E-state index in [-0.39, 0.29) is 6.61 Å². The summed E-state index contributed by atoms with van der Waals surface area (Å²) >= 11 is 0. The number of piperazine rings is 1. The molecular formula is C12H26N2O2. The highest BCUT2D eigenvalue weighted by atomic mass is 16.3. The molecule has 0 aromatic rings. The molecule has 0 aromatic heterocycles. The van der Waals surface area contributed by atoms with Crippen LogP contribution in [0.25, 0.3) is 0 Å². The Labute approximate surface area is 98.9 Å². The molecule has 96 valence electrons. The van der Waals surface area contributed by atoms with E-state index in [1.165, 1.54) is 25.8 Å². The fourth-order valence-corrected chi connectivity index (χ4v) is 2.14. The van der Waals surface area contributed by atoms with Crippen LogP contribution in [0, 0.1) is 0 Å². The van der Waals surface area contributed by atoms with Crippen molar-refractivity contribution in [1.29, 1.82) is 0 Å². The summed E-state index contributed by atoms with van der Waals surface area (Å²) < 4.78 is 0. The summed E-state index contributed by atoms with van der Waals surface area (Å²) in [5.41, 5.74) is 0. The van der Waals surface area contributed by atoms with Crippen LogP contribution in [0.2, 0.25) is 0 Å². The number of hydrogen-bond acceptors (Lipinski definition) is 4. The number of aliphatic hydroxyl groups excluding tert-OH is 2. The maximum Gasteiger partial charge on any atom is 0.0897 e. The van der Waals surface area contributed by atoms with Crippen molar-refractivity contribution in [3.05, 3.63) is 0 Å². The maximum absolute atomic E-state index is 9.34. The fourth-order valence-electron chi connectivity index (χ4n) is 2.14. The molecule has 0 aromatic carbocycles. The van der Waals surface area contributed by atoms with Crippen LogP contribution in [0.15, 0.2) is 0 Å². The summed E-state index contributed by atoms with van der Waals surface area (Å²) in [5, 5.41) is 18.1. The Hall–Kier alpha value is -0.160. The van der Waals surface area contributed by atoms with Crippen molar-refractivity contribution in [3.63, 3.8) is 0 Å². The summed E-state index contributed by atoms with van der Waals surface area (Å²) in [6, 6.07) is 0. The third-order valence-electron chi connectivity index (χ3n) is 3.22. The second-order valence-electron chi connectivity index (χ2n) is 4.69. The number of nitrogens with zero attached hydrogens (tertiary/aromatic N) is 2. The molecule has 0 bridgehead atoms. The van der Waals surface area contributed by atoms with Crippen molar-refractivity contribution < 1.29 is 10.2 Å². The Morgan fingerprint density at radius 1 is 1.06 bits per heavy atom. The zero-order chi connectivity index (χ0) is 11.8. The minimum Gasteiger partial charge on any atom is -0.394 e. The molecule has 0 radical (unpaired) electrons. The van der Waals surface area contributed by atoms with Gasteiger partial charge in [-0.2, -0.15) is 0 Å². The van der Waals surface area contributed by atoms with Crippen molar-refractivity contribution in [3.8, 4) is 0 Å². The van der Waals surface area contributed by atoms with Crippen LogP contribution >= 0.6 is 0 Å². The van der Waals surface area contributed by atoms with Gasteiger partial charge in [0.2, 0.25) is 0 Å². The van der Waals surface area contributed by atoms with Crippen LogP contribution in [0.3, 0.4) is 0 Å². The van der Waals surface area contributed by atoms with Crippen molar-refractivity contribution in [2.24, 2.45) is 0 Å². The van der Waals surface area contributed by atoms with E-state index in [4.69, 9.17) is 5.11 Å². The predicted octanol–water partition coefficient (Wildman–Crippen LogP) is 0.147. The molecule has 0 amide bonds. The lowest BCUT2D eigenvalue weighted by atomic mass is 10.2. The van der Waals surface area contributed by atoms with Gasteiger partial charge in [-0.1, -0.05) is 19.8 Å². The average Bonchev–Trinajstić information content (AvgIpc) is 2.31. The lowest BCUT2D eigenvalue weighted by molar-refractivity contribution is 0.0393. The molecule has 1 rings (SSSR count). The van der Waals surface area contributed by atoms with E-state index in [0.717, 1.165) is 26.2 Å². The van der Waals surface area contributed by atoms with Gasteiger partial charge in [-0.15, -0.1) is 0 Å². The van der Waals surface area contributed by atoms with Crippen molar-refractivity contribution in [1.82, 2.24) is 9.80 Å². The normalized spacial score (nSPS) is 21.2. The minimum atomic E-state index is -0.577. The largest absolute Gasteiger partial charge is 0.394 e. The first kappa shape index (κ1) is 13.9. The fraction of sp³-hybridized carbons (Fsp3) is 1.00. The summed E-state index contributed by atoms with van der Waals surface area (Å²) in [6.45, 7) is 8.16. The summed E-state index contributed by atoms with van der Waals surface area (Å²) in [4.78, 5) is 4.73. The molecule has 1 atom stereocenters. The second kappa shape index (κ2) is 8.01. The van der Waals surface area contributed by atoms with E-state index in [1.54, 1.807) is 0 Å². The van der Waals surface area contributed by atoms with Gasteiger partial charge in [-0.3, -0.25) is 4.90 Å². The quantitative estimate of drug-likeness (QED) is 0.611. The first-order valence-corrected chi connectivity index (χ1v) is 6.50. The van der Waals surface area contributed by atoms with Gasteiger partial charge in [0.1, 0.15) is 0 Å². The molecule has 1 saturated heterocycles. The summed E-state index contributed by atoms with van der Waals surface area (Å²) in [7, 11) is 0. The Bertz CT molecular complexity index is 170. The lowest BCUT2D eigenvalue weighted by Crippen LogP contribution is -2.49. The van der Waals surface area contributed by atoms with Gasteiger partial charge in [0.15, 0.2) is 0 Å². The van der Waals surface area contributed by atoms with E-state index in [0.29, 0.717) is 6.54 Å². The third-order valence-corrected chi connectivity index (χ3v) is 3.22. The predicted molar refractivity (Wildman–Crippen MR) is 65.5 cm³/mol. The van der Waals surface area contributed by atoms with E-state index >= 15 is 0 Å². The summed E-state index contributed by atoms with van der Waals surface area (Å²) in [6.07, 6.45) is 3.33. The van der Waals surface area contributed by atoms with Crippen LogP contribution < -0.4 is 0 Å². The molecule has 4 heteroatoms. The number of unbranched alkanes of at least 4 members (excludes halogenated alkanes) is 2. The zero-order valence-electron chi connectivity index (χ0n) is 10.4. The van der Waals surface area contributed by atoms with Gasteiger partial charge in [0.05, 0.1) is 12.7 Å². The number of β-amino-alcohol motifs (C(OH)–C–C–N with tert-alkyl or cyclic N) is 1. The third kappa shape index (κ3) is 5.25. The maximum atomic E-state index is 9.34. The van der Waals surface area contributed by atoms with Crippen LogP contribution in [0.5, 0.6) is 0 Å². The first-order valence-electron chi connectivity index (χ1n) is 6.50. The van der Waals surface area contributed by atoms with Gasteiger partial charge in [0.25, 0.3) is 0 Å². The molecule has 0 saturated carbocycles. The highest BCUT2D eigenvalue weighted by Crippen LogP contribution is 2.05. The lowest BCUT2D eigenvalue weighted by Gasteiger charge is -2.35. The molecule has 1 aliphatic heterocycles. The van der Waals surface area contributed by atoms with Crippen molar-refractivity contribution in [2.75, 3.05) is 45.9 Å². The van der Waals surface area contributed by atoms with E-state index < -0.39 is 6.10 Å². The number of hydrogen-bond donors (Lipinski definition) is 2. The van der Waals surface area contributed by atoms with Gasteiger partial charge >= 0.3 is 0 Å². The average molecular weight is 230 g/mol. The Morgan fingerprint density at radius 3 is 2.25 bits per heavy atom. The molecule has 4 nitrogen and oxygen atoms in total. The molecule has 0 spiro atoms. The SMILES string of the molecule is CCCCCN1CCN(CC(O)CO)CC1. The van der Waals surface area contributed by atoms with Gasteiger partial charge in [-0.25, -0.2) is 0 Å². The monoisotopic (exact) mass is 230 g/mol. The van der Waals surface area contributed by atoms with Crippen molar-refractivity contribution >= 4 is 0 Å². The highest BCUT2D eigenvalue weighted by molar-refractivity contribution is 4.73. The molecule has 1 unspecified atom stereocenters. The van der Waals surface area contributed by atoms with Crippen LogP contribution in [0.4, 0.5) is 0 Å². The smallest absolute Gasteiger partial charge is 0.0897 e. The van der Waals surface area contributed by atoms with Gasteiger partial charge in [-0.05, 0) is 13.0 Å². The Balaban J connectivity index is 2.08. The zero-order valence-corrected chi connectivity index (χ0v) is 10.4. The standard InChI is InChI=1S/C12H26N2O2/c1-2-3-4-5-13-6-8-14(9-7-13)10-12(16)11-15/h12,15-16H,2-11H2,1H3. The Morgan fingerprint density at radius 2 is 1.69 bits per heavy atom. The van der Waals surface area contributed by atoms with Crippen LogP contribution in [-0.2, 0) is 0 Å². The van der Waals surface area contributed by atoms with Crippen molar-refractivity contribution in [2.45, 2.75) is 32.3 Å². The summed E-state index contributed by atoms with van der Waals surface area (Å²) in [5.74, 6) is 0.